The summed E-state index contributed by atoms with van der Waals surface area (Å²) in [7, 11) is 0. The summed E-state index contributed by atoms with van der Waals surface area (Å²) in [6, 6.07) is 59.8. The Morgan fingerprint density at radius 2 is 0.773 bits per heavy atom. The zero-order valence-electron chi connectivity index (χ0n) is 24.2. The molecule has 7 rings (SSSR count). The minimum absolute atomic E-state index is 0.660. The smallest absolute Gasteiger partial charge is 0.156 e. The Morgan fingerprint density at radius 3 is 1.23 bits per heavy atom. The van der Waals surface area contributed by atoms with Crippen molar-refractivity contribution in [3.63, 3.8) is 0 Å². The fraction of sp³-hybridized carbons (Fsp3) is 0.0488. The zero-order valence-corrected chi connectivity index (χ0v) is 24.2. The Morgan fingerprint density at radius 1 is 0.409 bits per heavy atom. The highest BCUT2D eigenvalue weighted by atomic mass is 16.3. The van der Waals surface area contributed by atoms with Gasteiger partial charge in [0.25, 0.3) is 0 Å². The molecule has 0 amide bonds. The van der Waals surface area contributed by atoms with Crippen molar-refractivity contribution in [1.29, 1.82) is 0 Å². The normalized spacial score (nSPS) is 12.8. The topological polar surface area (TPSA) is 38.1 Å². The lowest BCUT2D eigenvalue weighted by Gasteiger charge is -2.41. The lowest BCUT2D eigenvalue weighted by molar-refractivity contribution is 0.113. The van der Waals surface area contributed by atoms with Crippen LogP contribution in [-0.2, 0) is 11.1 Å². The summed E-state index contributed by atoms with van der Waals surface area (Å²) < 4.78 is 2.16. The number of benzene rings is 6. The molecule has 0 aliphatic rings. The van der Waals surface area contributed by atoms with E-state index in [2.05, 4.69) is 102 Å². The molecule has 1 heterocycles. The molecule has 3 heteroatoms. The largest absolute Gasteiger partial charge is 0.374 e. The van der Waals surface area contributed by atoms with Gasteiger partial charge in [-0.2, -0.15) is 0 Å². The predicted molar refractivity (Wildman–Crippen MR) is 177 cm³/mol. The molecule has 3 nitrogen and oxygen atoms in total. The van der Waals surface area contributed by atoms with Gasteiger partial charge in [-0.25, -0.2) is 4.98 Å². The molecule has 1 N–H and O–H groups in total. The Labute approximate surface area is 258 Å². The molecule has 0 saturated heterocycles. The van der Waals surface area contributed by atoms with Gasteiger partial charge in [0.05, 0.1) is 18.2 Å². The molecule has 6 aromatic carbocycles. The highest BCUT2D eigenvalue weighted by Crippen LogP contribution is 2.46. The maximum absolute atomic E-state index is 13.2. The molecule has 0 radical (unpaired) electrons. The molecule has 0 aliphatic carbocycles. The third-order valence-electron chi connectivity index (χ3n) is 8.55. The Bertz CT molecular complexity index is 1840. The number of aliphatic hydroxyl groups is 1. The summed E-state index contributed by atoms with van der Waals surface area (Å²) in [5.74, 6) is 0. The van der Waals surface area contributed by atoms with Crippen LogP contribution in [-0.4, -0.2) is 14.7 Å². The summed E-state index contributed by atoms with van der Waals surface area (Å²) in [5.41, 5.74) is 5.23. The molecule has 1 atom stereocenters. The van der Waals surface area contributed by atoms with Crippen molar-refractivity contribution in [3.8, 4) is 11.1 Å². The van der Waals surface area contributed by atoms with E-state index in [4.69, 9.17) is 4.98 Å². The van der Waals surface area contributed by atoms with E-state index in [0.29, 0.717) is 5.69 Å². The predicted octanol–water partition coefficient (Wildman–Crippen LogP) is 8.67. The zero-order chi connectivity index (χ0) is 29.8. The van der Waals surface area contributed by atoms with Crippen LogP contribution >= 0.6 is 0 Å². The van der Waals surface area contributed by atoms with Crippen molar-refractivity contribution in [2.45, 2.75) is 11.1 Å². The van der Waals surface area contributed by atoms with Crippen LogP contribution < -0.4 is 0 Å². The Balaban J connectivity index is 1.53. The average molecular weight is 569 g/mol. The quantitative estimate of drug-likeness (QED) is 0.186. The number of aromatic nitrogens is 2. The third-order valence-corrected chi connectivity index (χ3v) is 8.55. The average Bonchev–Trinajstić information content (AvgIpc) is 3.61. The van der Waals surface area contributed by atoms with Gasteiger partial charge in [0.1, 0.15) is 5.54 Å². The minimum atomic E-state index is -1.52. The van der Waals surface area contributed by atoms with Crippen LogP contribution in [0.15, 0.2) is 188 Å². The Hall–Kier alpha value is -5.51. The van der Waals surface area contributed by atoms with Crippen molar-refractivity contribution in [1.82, 2.24) is 9.55 Å². The standard InChI is InChI=1S/C41H32N2O/c44-41(37-24-14-5-15-25-37,38-28-26-33(27-29-38)32-16-6-1-7-17-32)39-30-42-31-43(39)40(34-18-8-2-9-19-34,35-20-10-3-11-21-35)36-22-12-4-13-23-36/h1-31,44H. The van der Waals surface area contributed by atoms with Crippen LogP contribution in [0.25, 0.3) is 11.1 Å². The van der Waals surface area contributed by atoms with Crippen molar-refractivity contribution in [2.75, 3.05) is 0 Å². The van der Waals surface area contributed by atoms with E-state index in [9.17, 15) is 5.11 Å². The lowest BCUT2D eigenvalue weighted by Crippen LogP contribution is -2.42. The van der Waals surface area contributed by atoms with Gasteiger partial charge in [-0.15, -0.1) is 0 Å². The van der Waals surface area contributed by atoms with Crippen molar-refractivity contribution < 1.29 is 5.11 Å². The van der Waals surface area contributed by atoms with E-state index < -0.39 is 11.1 Å². The highest BCUT2D eigenvalue weighted by molar-refractivity contribution is 5.64. The number of rotatable bonds is 8. The molecule has 0 bridgehead atoms. The van der Waals surface area contributed by atoms with Crippen LogP contribution in [0.1, 0.15) is 33.5 Å². The van der Waals surface area contributed by atoms with E-state index in [1.165, 1.54) is 0 Å². The highest BCUT2D eigenvalue weighted by Gasteiger charge is 2.45. The van der Waals surface area contributed by atoms with Crippen LogP contribution in [0.4, 0.5) is 0 Å². The van der Waals surface area contributed by atoms with Gasteiger partial charge in [0.15, 0.2) is 5.60 Å². The first kappa shape index (κ1) is 27.3. The molecular formula is C41H32N2O. The molecule has 0 spiro atoms. The van der Waals surface area contributed by atoms with Crippen LogP contribution in [0, 0.1) is 0 Å². The van der Waals surface area contributed by atoms with Gasteiger partial charge >= 0.3 is 0 Å². The van der Waals surface area contributed by atoms with Crippen molar-refractivity contribution >= 4 is 0 Å². The summed E-state index contributed by atoms with van der Waals surface area (Å²) in [6.07, 6.45) is 3.66. The van der Waals surface area contributed by atoms with E-state index in [1.54, 1.807) is 0 Å². The van der Waals surface area contributed by atoms with Crippen molar-refractivity contribution in [3.05, 3.63) is 222 Å². The van der Waals surface area contributed by atoms with E-state index in [-0.39, 0.29) is 0 Å². The summed E-state index contributed by atoms with van der Waals surface area (Å²) in [5, 5.41) is 13.2. The maximum atomic E-state index is 13.2. The molecular weight excluding hydrogens is 536 g/mol. The molecule has 7 aromatic rings. The van der Waals surface area contributed by atoms with Gasteiger partial charge in [-0.3, -0.25) is 0 Å². The van der Waals surface area contributed by atoms with Gasteiger partial charge in [0, 0.05) is 0 Å². The van der Waals surface area contributed by atoms with Crippen molar-refractivity contribution in [2.24, 2.45) is 0 Å². The second kappa shape index (κ2) is 11.6. The molecule has 0 aliphatic heterocycles. The fourth-order valence-corrected chi connectivity index (χ4v) is 6.46. The van der Waals surface area contributed by atoms with Crippen LogP contribution in [0.3, 0.4) is 0 Å². The summed E-state index contributed by atoms with van der Waals surface area (Å²) in [4.78, 5) is 4.75. The molecule has 0 saturated carbocycles. The summed E-state index contributed by atoms with van der Waals surface area (Å²) in [6.45, 7) is 0. The molecule has 1 unspecified atom stereocenters. The van der Waals surface area contributed by atoms with Crippen LogP contribution in [0.2, 0.25) is 0 Å². The number of hydrogen-bond donors (Lipinski definition) is 1. The number of nitrogens with zero attached hydrogens (tertiary/aromatic N) is 2. The fourth-order valence-electron chi connectivity index (χ4n) is 6.46. The van der Waals surface area contributed by atoms with E-state index >= 15 is 0 Å². The van der Waals surface area contributed by atoms with Gasteiger partial charge in [0.2, 0.25) is 0 Å². The monoisotopic (exact) mass is 568 g/mol. The second-order valence-corrected chi connectivity index (χ2v) is 11.0. The number of hydrogen-bond acceptors (Lipinski definition) is 2. The summed E-state index contributed by atoms with van der Waals surface area (Å²) >= 11 is 0. The molecule has 212 valence electrons. The first-order chi connectivity index (χ1) is 21.7. The molecule has 44 heavy (non-hydrogen) atoms. The SMILES string of the molecule is OC(c1ccccc1)(c1ccc(-c2ccccc2)cc1)c1cncn1C(c1ccccc1)(c1ccccc1)c1ccccc1. The van der Waals surface area contributed by atoms with Gasteiger partial charge < -0.3 is 9.67 Å². The first-order valence-corrected chi connectivity index (χ1v) is 14.9. The second-order valence-electron chi connectivity index (χ2n) is 11.0. The lowest BCUT2D eigenvalue weighted by atomic mass is 9.75. The molecule has 0 fully saturated rings. The minimum Gasteiger partial charge on any atom is -0.374 e. The Kier molecular flexibility index (Phi) is 7.23. The molecule has 1 aromatic heterocycles. The van der Waals surface area contributed by atoms with E-state index in [1.807, 2.05) is 91.4 Å². The van der Waals surface area contributed by atoms with Gasteiger partial charge in [-0.1, -0.05) is 176 Å². The maximum Gasteiger partial charge on any atom is 0.156 e. The third kappa shape index (κ3) is 4.55. The number of imidazole rings is 1. The van der Waals surface area contributed by atoms with Crippen LogP contribution in [0.5, 0.6) is 0 Å². The van der Waals surface area contributed by atoms with Gasteiger partial charge in [-0.05, 0) is 38.9 Å². The first-order valence-electron chi connectivity index (χ1n) is 14.9. The van der Waals surface area contributed by atoms with E-state index in [0.717, 1.165) is 38.9 Å².